The fourth-order valence-corrected chi connectivity index (χ4v) is 1.91. The van der Waals surface area contributed by atoms with E-state index in [2.05, 4.69) is 21.2 Å². The Morgan fingerprint density at radius 2 is 2.29 bits per heavy atom. The molecule has 1 rings (SSSR count). The van der Waals surface area contributed by atoms with Crippen LogP contribution in [-0.2, 0) is 11.2 Å². The Bertz CT molecular complexity index is 366. The number of carbonyl (C=O) groups excluding carboxylic acids is 1. The van der Waals surface area contributed by atoms with Gasteiger partial charge in [0.2, 0.25) is 5.91 Å². The van der Waals surface area contributed by atoms with E-state index in [9.17, 15) is 4.79 Å². The van der Waals surface area contributed by atoms with Gasteiger partial charge in [0.1, 0.15) is 0 Å². The number of carbonyl (C=O) groups is 1. The zero-order valence-corrected chi connectivity index (χ0v) is 11.5. The van der Waals surface area contributed by atoms with Crippen LogP contribution >= 0.6 is 15.9 Å². The summed E-state index contributed by atoms with van der Waals surface area (Å²) in [4.78, 5) is 11.5. The first kappa shape index (κ1) is 14.2. The van der Waals surface area contributed by atoms with Crippen molar-refractivity contribution < 1.29 is 9.90 Å². The van der Waals surface area contributed by atoms with Crippen molar-refractivity contribution in [2.45, 2.75) is 32.3 Å². The number of aliphatic hydroxyl groups is 1. The molecule has 94 valence electrons. The molecule has 0 spiro atoms. The third-order valence-electron chi connectivity index (χ3n) is 2.41. The molecule has 0 aromatic heterocycles. The summed E-state index contributed by atoms with van der Waals surface area (Å²) in [7, 11) is 0. The molecule has 0 fully saturated rings. The van der Waals surface area contributed by atoms with Crippen molar-refractivity contribution in [2.75, 3.05) is 6.54 Å². The topological polar surface area (TPSA) is 49.3 Å². The highest BCUT2D eigenvalue weighted by atomic mass is 79.9. The van der Waals surface area contributed by atoms with Crippen LogP contribution in [0.3, 0.4) is 0 Å². The fourth-order valence-electron chi connectivity index (χ4n) is 1.46. The minimum absolute atomic E-state index is 0.0330. The summed E-state index contributed by atoms with van der Waals surface area (Å²) >= 11 is 3.40. The maximum atomic E-state index is 11.5. The molecular weight excluding hydrogens is 282 g/mol. The molecule has 0 heterocycles. The van der Waals surface area contributed by atoms with Gasteiger partial charge in [-0.3, -0.25) is 4.79 Å². The van der Waals surface area contributed by atoms with Gasteiger partial charge >= 0.3 is 0 Å². The second-order valence-electron chi connectivity index (χ2n) is 4.12. The summed E-state index contributed by atoms with van der Waals surface area (Å²) in [5.41, 5.74) is 1.14. The molecule has 0 aliphatic rings. The third kappa shape index (κ3) is 6.44. The molecule has 0 saturated heterocycles. The summed E-state index contributed by atoms with van der Waals surface area (Å²) in [6.45, 7) is 2.25. The lowest BCUT2D eigenvalue weighted by atomic mass is 10.1. The summed E-state index contributed by atoms with van der Waals surface area (Å²) < 4.78 is 1.03. The minimum atomic E-state index is -0.361. The zero-order valence-electron chi connectivity index (χ0n) is 9.95. The molecule has 0 aliphatic heterocycles. The highest BCUT2D eigenvalue weighted by Gasteiger charge is 2.03. The van der Waals surface area contributed by atoms with Gasteiger partial charge in [-0.05, 0) is 37.5 Å². The number of nitrogens with one attached hydrogen (secondary N) is 1. The normalized spacial score (nSPS) is 12.2. The molecule has 1 aromatic carbocycles. The lowest BCUT2D eigenvalue weighted by molar-refractivity contribution is -0.121. The quantitative estimate of drug-likeness (QED) is 0.846. The van der Waals surface area contributed by atoms with E-state index in [1.807, 2.05) is 24.3 Å². The summed E-state index contributed by atoms with van der Waals surface area (Å²) in [6.07, 6.45) is 1.46. The van der Waals surface area contributed by atoms with Gasteiger partial charge in [-0.25, -0.2) is 0 Å². The molecule has 0 aliphatic carbocycles. The second-order valence-corrected chi connectivity index (χ2v) is 5.03. The number of hydrogen-bond donors (Lipinski definition) is 2. The molecule has 1 unspecified atom stereocenters. The van der Waals surface area contributed by atoms with Gasteiger partial charge in [0.15, 0.2) is 0 Å². The predicted molar refractivity (Wildman–Crippen MR) is 71.8 cm³/mol. The Labute approximate surface area is 110 Å². The van der Waals surface area contributed by atoms with Crippen LogP contribution in [0.4, 0.5) is 0 Å². The summed E-state index contributed by atoms with van der Waals surface area (Å²) in [6, 6.07) is 7.95. The standard InChI is InChI=1S/C13H18BrNO2/c1-10(16)7-8-15-13(17)6-5-11-3-2-4-12(14)9-11/h2-4,9-10,16H,5-8H2,1H3,(H,15,17). The maximum absolute atomic E-state index is 11.5. The van der Waals surface area contributed by atoms with Crippen molar-refractivity contribution in [1.29, 1.82) is 0 Å². The average molecular weight is 300 g/mol. The molecule has 0 saturated carbocycles. The van der Waals surface area contributed by atoms with Crippen LogP contribution in [0, 0.1) is 0 Å². The van der Waals surface area contributed by atoms with Crippen molar-refractivity contribution in [3.8, 4) is 0 Å². The third-order valence-corrected chi connectivity index (χ3v) is 2.91. The van der Waals surface area contributed by atoms with Crippen molar-refractivity contribution in [3.63, 3.8) is 0 Å². The lowest BCUT2D eigenvalue weighted by Crippen LogP contribution is -2.26. The van der Waals surface area contributed by atoms with Gasteiger partial charge in [-0.15, -0.1) is 0 Å². The van der Waals surface area contributed by atoms with E-state index in [-0.39, 0.29) is 12.0 Å². The van der Waals surface area contributed by atoms with E-state index in [4.69, 9.17) is 5.11 Å². The molecule has 3 nitrogen and oxygen atoms in total. The van der Waals surface area contributed by atoms with E-state index in [0.29, 0.717) is 19.4 Å². The largest absolute Gasteiger partial charge is 0.393 e. The average Bonchev–Trinajstić information content (AvgIpc) is 2.26. The van der Waals surface area contributed by atoms with Gasteiger partial charge in [-0.1, -0.05) is 28.1 Å². The fraction of sp³-hybridized carbons (Fsp3) is 0.462. The Balaban J connectivity index is 2.24. The predicted octanol–water partition coefficient (Wildman–Crippen LogP) is 2.27. The van der Waals surface area contributed by atoms with Crippen molar-refractivity contribution in [3.05, 3.63) is 34.3 Å². The zero-order chi connectivity index (χ0) is 12.7. The van der Waals surface area contributed by atoms with Crippen LogP contribution in [0.25, 0.3) is 0 Å². The van der Waals surface area contributed by atoms with Gasteiger partial charge in [0.05, 0.1) is 6.10 Å². The van der Waals surface area contributed by atoms with Crippen molar-refractivity contribution in [1.82, 2.24) is 5.32 Å². The number of aliphatic hydroxyl groups excluding tert-OH is 1. The molecule has 2 N–H and O–H groups in total. The Kier molecular flexibility index (Phi) is 6.22. The van der Waals surface area contributed by atoms with E-state index in [1.54, 1.807) is 6.92 Å². The van der Waals surface area contributed by atoms with E-state index >= 15 is 0 Å². The lowest BCUT2D eigenvalue weighted by Gasteiger charge is -2.07. The second kappa shape index (κ2) is 7.45. The molecule has 0 radical (unpaired) electrons. The molecule has 4 heteroatoms. The number of amides is 1. The van der Waals surface area contributed by atoms with Crippen molar-refractivity contribution >= 4 is 21.8 Å². The summed E-state index contributed by atoms with van der Waals surface area (Å²) in [5, 5.41) is 11.8. The van der Waals surface area contributed by atoms with Crippen LogP contribution < -0.4 is 5.32 Å². The molecular formula is C13H18BrNO2. The summed E-state index contributed by atoms with van der Waals surface area (Å²) in [5.74, 6) is 0.0330. The van der Waals surface area contributed by atoms with E-state index in [1.165, 1.54) is 0 Å². The van der Waals surface area contributed by atoms with Gasteiger partial charge in [0, 0.05) is 17.4 Å². The highest BCUT2D eigenvalue weighted by molar-refractivity contribution is 9.10. The van der Waals surface area contributed by atoms with Crippen LogP contribution in [0.15, 0.2) is 28.7 Å². The number of halogens is 1. The molecule has 0 bridgehead atoms. The minimum Gasteiger partial charge on any atom is -0.393 e. The maximum Gasteiger partial charge on any atom is 0.220 e. The Hall–Kier alpha value is -0.870. The SMILES string of the molecule is CC(O)CCNC(=O)CCc1cccc(Br)c1. The number of rotatable bonds is 6. The first-order valence-electron chi connectivity index (χ1n) is 5.77. The first-order valence-corrected chi connectivity index (χ1v) is 6.56. The molecule has 1 atom stereocenters. The van der Waals surface area contributed by atoms with E-state index in [0.717, 1.165) is 16.5 Å². The van der Waals surface area contributed by atoms with Crippen molar-refractivity contribution in [2.24, 2.45) is 0 Å². The molecule has 17 heavy (non-hydrogen) atoms. The monoisotopic (exact) mass is 299 g/mol. The van der Waals surface area contributed by atoms with Gasteiger partial charge in [0.25, 0.3) is 0 Å². The number of aryl methyl sites for hydroxylation is 1. The number of benzene rings is 1. The van der Waals surface area contributed by atoms with E-state index < -0.39 is 0 Å². The smallest absolute Gasteiger partial charge is 0.220 e. The Morgan fingerprint density at radius 3 is 2.94 bits per heavy atom. The highest BCUT2D eigenvalue weighted by Crippen LogP contribution is 2.12. The van der Waals surface area contributed by atoms with Crippen LogP contribution in [0.5, 0.6) is 0 Å². The van der Waals surface area contributed by atoms with Gasteiger partial charge in [-0.2, -0.15) is 0 Å². The van der Waals surface area contributed by atoms with Crippen LogP contribution in [0.2, 0.25) is 0 Å². The van der Waals surface area contributed by atoms with Crippen LogP contribution in [-0.4, -0.2) is 23.7 Å². The van der Waals surface area contributed by atoms with Crippen LogP contribution in [0.1, 0.15) is 25.3 Å². The molecule has 1 aromatic rings. The van der Waals surface area contributed by atoms with Gasteiger partial charge < -0.3 is 10.4 Å². The first-order chi connectivity index (χ1) is 8.08. The molecule has 1 amide bonds. The Morgan fingerprint density at radius 1 is 1.53 bits per heavy atom. The number of hydrogen-bond acceptors (Lipinski definition) is 2.